The van der Waals surface area contributed by atoms with E-state index in [0.717, 1.165) is 53.8 Å². The van der Waals surface area contributed by atoms with Crippen LogP contribution in [0.5, 0.6) is 5.75 Å². The van der Waals surface area contributed by atoms with Gasteiger partial charge in [-0.1, -0.05) is 84.9 Å². The van der Waals surface area contributed by atoms with E-state index in [1.165, 1.54) is 22.3 Å². The molecule has 0 amide bonds. The summed E-state index contributed by atoms with van der Waals surface area (Å²) in [4.78, 5) is 7.75. The van der Waals surface area contributed by atoms with Crippen molar-refractivity contribution in [2.45, 2.75) is 25.3 Å². The second-order valence-electron chi connectivity index (χ2n) is 9.78. The Labute approximate surface area is 223 Å². The average molecular weight is 497 g/mol. The fraction of sp³-hybridized carbons (Fsp3) is 0.152. The maximum absolute atomic E-state index is 5.50. The summed E-state index contributed by atoms with van der Waals surface area (Å²) in [5.74, 6) is 2.58. The van der Waals surface area contributed by atoms with Crippen LogP contribution in [0.15, 0.2) is 125 Å². The molecule has 0 saturated carbocycles. The third-order valence-corrected chi connectivity index (χ3v) is 7.56. The molecule has 1 unspecified atom stereocenters. The first-order valence-corrected chi connectivity index (χ1v) is 13.1. The number of hydrazone groups is 1. The lowest BCUT2D eigenvalue weighted by molar-refractivity contribution is 0.414. The molecule has 5 heteroatoms. The maximum Gasteiger partial charge on any atom is 0.234 e. The normalized spacial score (nSPS) is 18.2. The van der Waals surface area contributed by atoms with Crippen LogP contribution in [0.25, 0.3) is 5.70 Å². The molecule has 2 heterocycles. The van der Waals surface area contributed by atoms with Crippen molar-refractivity contribution in [3.05, 3.63) is 137 Å². The molecule has 0 radical (unpaired) electrons. The van der Waals surface area contributed by atoms with Gasteiger partial charge in [-0.2, -0.15) is 5.01 Å². The summed E-state index contributed by atoms with van der Waals surface area (Å²) in [5, 5.41) is 7.21. The molecule has 7 rings (SSSR count). The number of aryl methyl sites for hydroxylation is 1. The summed E-state index contributed by atoms with van der Waals surface area (Å²) < 4.78 is 5.50. The molecule has 4 aromatic rings. The topological polar surface area (TPSA) is 40.4 Å². The lowest BCUT2D eigenvalue weighted by Crippen LogP contribution is -2.43. The molecule has 1 aliphatic carbocycles. The number of nitrogens with zero attached hydrogens (tertiary/aromatic N) is 4. The lowest BCUT2D eigenvalue weighted by Gasteiger charge is -2.37. The van der Waals surface area contributed by atoms with Crippen LogP contribution in [0, 0.1) is 0 Å². The van der Waals surface area contributed by atoms with Crippen LogP contribution in [-0.2, 0) is 6.42 Å². The predicted octanol–water partition coefficient (Wildman–Crippen LogP) is 7.04. The Bertz CT molecular complexity index is 1570. The molecular weight excluding hydrogens is 468 g/mol. The van der Waals surface area contributed by atoms with E-state index in [0.29, 0.717) is 0 Å². The number of hydrogen-bond donors (Lipinski definition) is 0. The van der Waals surface area contributed by atoms with Gasteiger partial charge in [0.15, 0.2) is 5.84 Å². The molecule has 2 aliphatic heterocycles. The van der Waals surface area contributed by atoms with Gasteiger partial charge in [0.05, 0.1) is 24.5 Å². The quantitative estimate of drug-likeness (QED) is 0.304. The van der Waals surface area contributed by atoms with Crippen molar-refractivity contribution in [3.63, 3.8) is 0 Å². The summed E-state index contributed by atoms with van der Waals surface area (Å²) in [6.07, 6.45) is 3.11. The molecule has 186 valence electrons. The minimum absolute atomic E-state index is 0.0396. The first-order valence-electron chi connectivity index (χ1n) is 13.1. The number of para-hydroxylation sites is 1. The molecule has 0 fully saturated rings. The molecule has 38 heavy (non-hydrogen) atoms. The maximum atomic E-state index is 5.50. The number of aliphatic imine (C=N–C) groups is 1. The van der Waals surface area contributed by atoms with Crippen LogP contribution < -0.4 is 9.75 Å². The highest BCUT2D eigenvalue weighted by Gasteiger charge is 2.44. The molecule has 0 spiro atoms. The van der Waals surface area contributed by atoms with E-state index in [9.17, 15) is 0 Å². The third kappa shape index (κ3) is 3.70. The number of guanidine groups is 1. The molecule has 0 bridgehead atoms. The Morgan fingerprint density at radius 3 is 2.24 bits per heavy atom. The smallest absolute Gasteiger partial charge is 0.234 e. The van der Waals surface area contributed by atoms with Gasteiger partial charge in [-0.05, 0) is 60.2 Å². The van der Waals surface area contributed by atoms with Crippen LogP contribution >= 0.6 is 0 Å². The van der Waals surface area contributed by atoms with E-state index in [1.54, 1.807) is 7.11 Å². The molecule has 0 saturated heterocycles. The Morgan fingerprint density at radius 1 is 0.763 bits per heavy atom. The monoisotopic (exact) mass is 496 g/mol. The van der Waals surface area contributed by atoms with Crippen molar-refractivity contribution in [2.24, 2.45) is 10.1 Å². The summed E-state index contributed by atoms with van der Waals surface area (Å²) in [6, 6.07) is 37.9. The van der Waals surface area contributed by atoms with Gasteiger partial charge in [0.1, 0.15) is 5.75 Å². The van der Waals surface area contributed by atoms with Crippen molar-refractivity contribution < 1.29 is 4.74 Å². The minimum Gasteiger partial charge on any atom is -0.497 e. The largest absolute Gasteiger partial charge is 0.497 e. The Morgan fingerprint density at radius 2 is 1.47 bits per heavy atom. The van der Waals surface area contributed by atoms with E-state index in [2.05, 4.69) is 89.8 Å². The first-order chi connectivity index (χ1) is 18.8. The SMILES string of the molecule is COc1ccc(C2C3=C(N=C4N(c5ccccc5)N=C(c5ccccc5)N42)c2ccccc2CCC3)cc1. The molecule has 4 aromatic carbocycles. The van der Waals surface area contributed by atoms with Crippen LogP contribution in [0.1, 0.15) is 41.1 Å². The number of anilines is 1. The molecule has 3 aliphatic rings. The zero-order chi connectivity index (χ0) is 25.5. The standard InChI is InChI=1S/C33H28N4O/c1-38-27-21-19-24(20-22-27)31-29-18-10-14-23-11-8-9-17-28(23)30(29)34-33-36(31)32(25-12-4-2-5-13-25)35-37(33)26-15-6-3-7-16-26/h2-9,11-13,15-17,19-22,31H,10,14,18H2,1H3. The van der Waals surface area contributed by atoms with Crippen LogP contribution in [0.4, 0.5) is 5.69 Å². The fourth-order valence-electron chi connectivity index (χ4n) is 5.77. The van der Waals surface area contributed by atoms with E-state index in [4.69, 9.17) is 14.8 Å². The van der Waals surface area contributed by atoms with E-state index in [-0.39, 0.29) is 6.04 Å². The third-order valence-electron chi connectivity index (χ3n) is 7.56. The minimum atomic E-state index is -0.0396. The predicted molar refractivity (Wildman–Crippen MR) is 153 cm³/mol. The summed E-state index contributed by atoms with van der Waals surface area (Å²) in [7, 11) is 1.71. The van der Waals surface area contributed by atoms with Gasteiger partial charge in [-0.25, -0.2) is 4.99 Å². The van der Waals surface area contributed by atoms with Gasteiger partial charge < -0.3 is 4.74 Å². The highest BCUT2D eigenvalue weighted by molar-refractivity contribution is 6.20. The molecule has 5 nitrogen and oxygen atoms in total. The second-order valence-corrected chi connectivity index (χ2v) is 9.78. The number of benzene rings is 4. The van der Waals surface area contributed by atoms with E-state index >= 15 is 0 Å². The van der Waals surface area contributed by atoms with Gasteiger partial charge in [-0.15, -0.1) is 5.10 Å². The van der Waals surface area contributed by atoms with Gasteiger partial charge in [0, 0.05) is 11.1 Å². The summed E-state index contributed by atoms with van der Waals surface area (Å²) >= 11 is 0. The second kappa shape index (κ2) is 9.34. The van der Waals surface area contributed by atoms with Crippen LogP contribution in [-0.4, -0.2) is 23.8 Å². The number of rotatable bonds is 4. The van der Waals surface area contributed by atoms with Crippen LogP contribution in [0.2, 0.25) is 0 Å². The van der Waals surface area contributed by atoms with Crippen molar-refractivity contribution in [2.75, 3.05) is 12.1 Å². The van der Waals surface area contributed by atoms with Crippen LogP contribution in [0.3, 0.4) is 0 Å². The van der Waals surface area contributed by atoms with E-state index in [1.807, 2.05) is 29.3 Å². The Balaban J connectivity index is 1.49. The van der Waals surface area contributed by atoms with Crippen molar-refractivity contribution >= 4 is 23.2 Å². The summed E-state index contributed by atoms with van der Waals surface area (Å²) in [6.45, 7) is 0. The zero-order valence-corrected chi connectivity index (χ0v) is 21.3. The highest BCUT2D eigenvalue weighted by atomic mass is 16.5. The molecular formula is C33H28N4O. The average Bonchev–Trinajstić information content (AvgIpc) is 3.27. The van der Waals surface area contributed by atoms with Gasteiger partial charge >= 0.3 is 0 Å². The van der Waals surface area contributed by atoms with E-state index < -0.39 is 0 Å². The van der Waals surface area contributed by atoms with Crippen molar-refractivity contribution in [1.82, 2.24) is 4.90 Å². The molecule has 0 N–H and O–H groups in total. The number of fused-ring (bicyclic) bond motifs is 3. The number of amidine groups is 1. The number of hydrogen-bond acceptors (Lipinski definition) is 5. The van der Waals surface area contributed by atoms with Crippen molar-refractivity contribution in [3.8, 4) is 5.75 Å². The fourth-order valence-corrected chi connectivity index (χ4v) is 5.77. The molecule has 0 aromatic heterocycles. The lowest BCUT2D eigenvalue weighted by atomic mass is 9.89. The Kier molecular flexibility index (Phi) is 5.54. The first kappa shape index (κ1) is 22.5. The van der Waals surface area contributed by atoms with Gasteiger partial charge in [0.25, 0.3) is 0 Å². The highest BCUT2D eigenvalue weighted by Crippen LogP contribution is 2.46. The van der Waals surface area contributed by atoms with Gasteiger partial charge in [0.2, 0.25) is 5.96 Å². The Hall–Kier alpha value is -4.64. The number of methoxy groups -OCH3 is 1. The van der Waals surface area contributed by atoms with Crippen molar-refractivity contribution in [1.29, 1.82) is 0 Å². The summed E-state index contributed by atoms with van der Waals surface area (Å²) in [5.41, 5.74) is 8.25. The zero-order valence-electron chi connectivity index (χ0n) is 21.3. The van der Waals surface area contributed by atoms with Gasteiger partial charge in [-0.3, -0.25) is 4.90 Å². The number of ether oxygens (including phenoxy) is 1. The molecule has 1 atom stereocenters.